The van der Waals surface area contributed by atoms with Crippen LogP contribution in [0.3, 0.4) is 0 Å². The van der Waals surface area contributed by atoms with E-state index >= 15 is 0 Å². The summed E-state index contributed by atoms with van der Waals surface area (Å²) in [6.07, 6.45) is 17.5. The maximum absolute atomic E-state index is 6.28. The van der Waals surface area contributed by atoms with Crippen molar-refractivity contribution >= 4 is 67.1 Å². The molecule has 186 valence electrons. The van der Waals surface area contributed by atoms with Crippen molar-refractivity contribution in [3.63, 3.8) is 0 Å². The fraction of sp³-hybridized carbons (Fsp3) is 0.429. The molecular weight excluding hydrogens is 552 g/mol. The van der Waals surface area contributed by atoms with E-state index in [4.69, 9.17) is 11.5 Å². The maximum Gasteiger partial charge on any atom is 0.111 e. The lowest BCUT2D eigenvalue weighted by Crippen LogP contribution is -2.01. The van der Waals surface area contributed by atoms with E-state index in [1.165, 1.54) is 85.8 Å². The number of nitrogens with two attached hydrogens (primary N) is 2. The number of aromatic nitrogens is 2. The second kappa shape index (κ2) is 14.5. The molecule has 4 N–H and O–H groups in total. The Bertz CT molecular complexity index is 1040. The van der Waals surface area contributed by atoms with Gasteiger partial charge in [0.2, 0.25) is 0 Å². The Morgan fingerprint density at radius 1 is 0.471 bits per heavy atom. The number of unbranched alkanes of at least 4 members (excludes halogenated alkanes) is 9. The third-order valence-electron chi connectivity index (χ3n) is 6.73. The van der Waals surface area contributed by atoms with E-state index in [-0.39, 0.29) is 34.0 Å². The molecule has 0 unspecified atom stereocenters. The van der Waals surface area contributed by atoms with Crippen molar-refractivity contribution in [3.05, 3.63) is 60.9 Å². The zero-order valence-electron chi connectivity index (χ0n) is 20.1. The maximum atomic E-state index is 6.28. The highest BCUT2D eigenvalue weighted by Gasteiger charge is 2.06. The zero-order valence-corrected chi connectivity index (χ0v) is 23.6. The van der Waals surface area contributed by atoms with Crippen LogP contribution < -0.4 is 11.5 Å². The van der Waals surface area contributed by atoms with Crippen LogP contribution in [0.1, 0.15) is 64.2 Å². The Balaban J connectivity index is 0.00000204. The normalized spacial score (nSPS) is 10.9. The van der Waals surface area contributed by atoms with Gasteiger partial charge in [-0.1, -0.05) is 99.9 Å². The molecule has 0 saturated carbocycles. The van der Waals surface area contributed by atoms with Gasteiger partial charge in [0.25, 0.3) is 0 Å². The molecule has 2 aromatic carbocycles. The molecule has 2 heterocycles. The monoisotopic (exact) mass is 590 g/mol. The number of hydrogen-bond acceptors (Lipinski definition) is 2. The number of hydrogen-bond donors (Lipinski definition) is 2. The Kier molecular flexibility index (Phi) is 12.1. The van der Waals surface area contributed by atoms with Crippen LogP contribution in [0.25, 0.3) is 21.5 Å². The third-order valence-corrected chi connectivity index (χ3v) is 6.73. The molecule has 0 aliphatic rings. The molecule has 0 amide bonds. The Labute approximate surface area is 225 Å². The van der Waals surface area contributed by atoms with E-state index in [0.717, 1.165) is 24.7 Å². The van der Waals surface area contributed by atoms with Crippen molar-refractivity contribution in [1.82, 2.24) is 9.13 Å². The smallest absolute Gasteiger partial charge is 0.111 e. The summed E-state index contributed by atoms with van der Waals surface area (Å²) in [7, 11) is 0. The van der Waals surface area contributed by atoms with Gasteiger partial charge in [0, 0.05) is 47.0 Å². The standard InChI is InChI=1S/C28H38N4.2BrH/c29-27-25-17-11-9-15-23(25)21-31(27)19-13-7-5-3-1-2-4-6-8-14-20-32-22-24-16-10-12-18-26(24)28(32)30;;/h9-12,15-18,21-22H,1-8,13-14,19-20,29-30H2;2*1H. The number of aryl methyl sites for hydroxylation is 2. The van der Waals surface area contributed by atoms with Crippen LogP contribution in [0.4, 0.5) is 11.6 Å². The summed E-state index contributed by atoms with van der Waals surface area (Å²) in [6, 6.07) is 16.8. The van der Waals surface area contributed by atoms with Gasteiger partial charge in [0.15, 0.2) is 0 Å². The molecule has 0 aliphatic carbocycles. The number of nitrogen functional groups attached to an aromatic ring is 2. The molecule has 4 rings (SSSR count). The summed E-state index contributed by atoms with van der Waals surface area (Å²) >= 11 is 0. The number of rotatable bonds is 13. The quantitative estimate of drug-likeness (QED) is 0.153. The van der Waals surface area contributed by atoms with Crippen LogP contribution in [0.2, 0.25) is 0 Å². The molecule has 0 aliphatic heterocycles. The predicted octanol–water partition coefficient (Wildman–Crippen LogP) is 8.52. The van der Waals surface area contributed by atoms with Crippen molar-refractivity contribution < 1.29 is 0 Å². The van der Waals surface area contributed by atoms with E-state index in [1.54, 1.807) is 0 Å². The summed E-state index contributed by atoms with van der Waals surface area (Å²) < 4.78 is 4.43. The number of fused-ring (bicyclic) bond motifs is 2. The highest BCUT2D eigenvalue weighted by atomic mass is 79.9. The van der Waals surface area contributed by atoms with Gasteiger partial charge in [-0.2, -0.15) is 0 Å². The van der Waals surface area contributed by atoms with Crippen molar-refractivity contribution in [3.8, 4) is 0 Å². The van der Waals surface area contributed by atoms with Crippen LogP contribution in [0, 0.1) is 0 Å². The highest BCUT2D eigenvalue weighted by molar-refractivity contribution is 8.93. The molecule has 34 heavy (non-hydrogen) atoms. The first kappa shape index (κ1) is 28.3. The van der Waals surface area contributed by atoms with Crippen LogP contribution in [0.15, 0.2) is 60.9 Å². The number of benzene rings is 2. The lowest BCUT2D eigenvalue weighted by molar-refractivity contribution is 0.525. The topological polar surface area (TPSA) is 61.9 Å². The van der Waals surface area contributed by atoms with Crippen molar-refractivity contribution in [2.45, 2.75) is 77.3 Å². The average molecular weight is 592 g/mol. The summed E-state index contributed by atoms with van der Waals surface area (Å²) in [5.41, 5.74) is 12.6. The van der Waals surface area contributed by atoms with Gasteiger partial charge in [0.1, 0.15) is 11.6 Å². The lowest BCUT2D eigenvalue weighted by Gasteiger charge is -2.07. The Hall–Kier alpha value is -1.92. The molecule has 0 bridgehead atoms. The molecule has 4 aromatic rings. The molecular formula is C28H40Br2N4. The fourth-order valence-electron chi connectivity index (χ4n) is 4.82. The van der Waals surface area contributed by atoms with Gasteiger partial charge in [-0.05, 0) is 12.8 Å². The van der Waals surface area contributed by atoms with Crippen molar-refractivity contribution in [2.75, 3.05) is 11.5 Å². The molecule has 0 atom stereocenters. The first-order valence-corrected chi connectivity index (χ1v) is 12.4. The second-order valence-electron chi connectivity index (χ2n) is 9.13. The van der Waals surface area contributed by atoms with E-state index < -0.39 is 0 Å². The molecule has 2 aromatic heterocycles. The summed E-state index contributed by atoms with van der Waals surface area (Å²) in [6.45, 7) is 2.06. The number of anilines is 2. The molecule has 6 heteroatoms. The van der Waals surface area contributed by atoms with E-state index in [2.05, 4.69) is 70.1 Å². The number of halogens is 2. The van der Waals surface area contributed by atoms with Gasteiger partial charge in [0.05, 0.1) is 0 Å². The van der Waals surface area contributed by atoms with Crippen LogP contribution in [-0.2, 0) is 13.1 Å². The summed E-state index contributed by atoms with van der Waals surface area (Å²) in [5.74, 6) is 1.82. The summed E-state index contributed by atoms with van der Waals surface area (Å²) in [5, 5.41) is 4.85. The van der Waals surface area contributed by atoms with E-state index in [0.29, 0.717) is 0 Å². The SMILES string of the molecule is Br.Br.Nc1c2ccccc2cn1CCCCCCCCCCCCn1cc2ccccc2c1N. The second-order valence-corrected chi connectivity index (χ2v) is 9.13. The van der Waals surface area contributed by atoms with E-state index in [9.17, 15) is 0 Å². The minimum Gasteiger partial charge on any atom is -0.385 e. The predicted molar refractivity (Wildman–Crippen MR) is 160 cm³/mol. The molecule has 0 saturated heterocycles. The van der Waals surface area contributed by atoms with Crippen LogP contribution >= 0.6 is 34.0 Å². The average Bonchev–Trinajstić information content (AvgIpc) is 3.31. The van der Waals surface area contributed by atoms with Gasteiger partial charge in [-0.15, -0.1) is 34.0 Å². The molecule has 4 nitrogen and oxygen atoms in total. The number of nitrogens with zero attached hydrogens (tertiary/aromatic N) is 2. The fourth-order valence-corrected chi connectivity index (χ4v) is 4.82. The van der Waals surface area contributed by atoms with Crippen molar-refractivity contribution in [2.24, 2.45) is 0 Å². The highest BCUT2D eigenvalue weighted by Crippen LogP contribution is 2.25. The van der Waals surface area contributed by atoms with Gasteiger partial charge in [-0.3, -0.25) is 0 Å². The van der Waals surface area contributed by atoms with E-state index in [1.807, 2.05) is 0 Å². The summed E-state index contributed by atoms with van der Waals surface area (Å²) in [4.78, 5) is 0. The lowest BCUT2D eigenvalue weighted by atomic mass is 10.1. The van der Waals surface area contributed by atoms with Gasteiger partial charge >= 0.3 is 0 Å². The van der Waals surface area contributed by atoms with Crippen LogP contribution in [0.5, 0.6) is 0 Å². The minimum atomic E-state index is 0. The first-order chi connectivity index (χ1) is 15.7. The minimum absolute atomic E-state index is 0. The Morgan fingerprint density at radius 3 is 1.15 bits per heavy atom. The van der Waals surface area contributed by atoms with Gasteiger partial charge < -0.3 is 20.6 Å². The van der Waals surface area contributed by atoms with Crippen LogP contribution in [-0.4, -0.2) is 9.13 Å². The molecule has 0 radical (unpaired) electrons. The molecule has 0 fully saturated rings. The zero-order chi connectivity index (χ0) is 22.2. The largest absolute Gasteiger partial charge is 0.385 e. The third kappa shape index (κ3) is 7.29. The Morgan fingerprint density at radius 2 is 0.794 bits per heavy atom. The first-order valence-electron chi connectivity index (χ1n) is 12.4. The van der Waals surface area contributed by atoms with Crippen molar-refractivity contribution in [1.29, 1.82) is 0 Å². The van der Waals surface area contributed by atoms with Gasteiger partial charge in [-0.25, -0.2) is 0 Å². The molecule has 0 spiro atoms.